The predicted molar refractivity (Wildman–Crippen MR) is 93.6 cm³/mol. The Bertz CT molecular complexity index is 632. The van der Waals surface area contributed by atoms with Crippen molar-refractivity contribution in [2.75, 3.05) is 45.2 Å². The number of carbonyl (C=O) groups excluding carboxylic acids is 3. The summed E-state index contributed by atoms with van der Waals surface area (Å²) in [6, 6.07) is 6.94. The quantitative estimate of drug-likeness (QED) is 0.768. The fourth-order valence-electron chi connectivity index (χ4n) is 2.80. The first-order valence-corrected chi connectivity index (χ1v) is 8.13. The first-order chi connectivity index (χ1) is 11.9. The highest BCUT2D eigenvalue weighted by Crippen LogP contribution is 2.20. The van der Waals surface area contributed by atoms with Gasteiger partial charge in [0.25, 0.3) is 0 Å². The monoisotopic (exact) mass is 348 g/mol. The minimum absolute atomic E-state index is 0.157. The average molecular weight is 348 g/mol. The molecule has 1 aliphatic rings. The van der Waals surface area contributed by atoms with Crippen molar-refractivity contribution in [2.24, 2.45) is 0 Å². The summed E-state index contributed by atoms with van der Waals surface area (Å²) in [5.41, 5.74) is 1.54. The highest BCUT2D eigenvalue weighted by molar-refractivity contribution is 5.95. The Morgan fingerprint density at radius 1 is 1.20 bits per heavy atom. The number of hydrogen-bond acceptors (Lipinski definition) is 6. The van der Waals surface area contributed by atoms with E-state index in [9.17, 15) is 14.4 Å². The Hall–Kier alpha value is -2.61. The van der Waals surface area contributed by atoms with Gasteiger partial charge in [0.1, 0.15) is 0 Å². The maximum absolute atomic E-state index is 11.8. The van der Waals surface area contributed by atoms with Gasteiger partial charge in [0, 0.05) is 38.4 Å². The molecule has 1 atom stereocenters. The molecule has 0 aliphatic carbocycles. The van der Waals surface area contributed by atoms with E-state index >= 15 is 0 Å². The summed E-state index contributed by atoms with van der Waals surface area (Å²) in [5.74, 6) is -0.672. The molecule has 25 heavy (non-hydrogen) atoms. The van der Waals surface area contributed by atoms with E-state index in [0.717, 1.165) is 18.8 Å². The minimum atomic E-state index is -0.498. The van der Waals surface area contributed by atoms with Gasteiger partial charge in [-0.1, -0.05) is 0 Å². The first kappa shape index (κ1) is 18.7. The SMILES string of the molecule is CNC(=O)NC(=O)CN1CCN(c2ccc(C(=O)OC)cc2)C[C@H]1C. The van der Waals surface area contributed by atoms with E-state index in [1.165, 1.54) is 14.2 Å². The van der Waals surface area contributed by atoms with Gasteiger partial charge >= 0.3 is 12.0 Å². The molecule has 1 aromatic carbocycles. The maximum Gasteiger partial charge on any atom is 0.337 e. The minimum Gasteiger partial charge on any atom is -0.465 e. The summed E-state index contributed by atoms with van der Waals surface area (Å²) in [6.07, 6.45) is 0. The van der Waals surface area contributed by atoms with Crippen LogP contribution in [0.3, 0.4) is 0 Å². The molecule has 0 saturated carbocycles. The molecule has 0 radical (unpaired) electrons. The van der Waals surface area contributed by atoms with Gasteiger partial charge in [-0.05, 0) is 31.2 Å². The standard InChI is InChI=1S/C17H24N4O4/c1-12-10-21(14-6-4-13(5-7-14)16(23)25-3)9-8-20(12)11-15(22)19-17(24)18-2/h4-7,12H,8-11H2,1-3H3,(H2,18,19,22,24)/t12-/m1/s1. The Kier molecular flexibility index (Phi) is 6.35. The number of hydrogen-bond donors (Lipinski definition) is 2. The van der Waals surface area contributed by atoms with Gasteiger partial charge in [0.2, 0.25) is 5.91 Å². The van der Waals surface area contributed by atoms with Crippen molar-refractivity contribution in [2.45, 2.75) is 13.0 Å². The van der Waals surface area contributed by atoms with Gasteiger partial charge in [0.15, 0.2) is 0 Å². The van der Waals surface area contributed by atoms with Gasteiger partial charge < -0.3 is 15.0 Å². The molecule has 0 aromatic heterocycles. The molecule has 0 spiro atoms. The van der Waals surface area contributed by atoms with Gasteiger partial charge in [0.05, 0.1) is 19.2 Å². The van der Waals surface area contributed by atoms with Crippen LogP contribution in [0.5, 0.6) is 0 Å². The second-order valence-corrected chi connectivity index (χ2v) is 5.93. The number of anilines is 1. The van der Waals surface area contributed by atoms with Crippen LogP contribution in [0.4, 0.5) is 10.5 Å². The van der Waals surface area contributed by atoms with E-state index in [1.807, 2.05) is 24.0 Å². The molecule has 1 saturated heterocycles. The topological polar surface area (TPSA) is 91.0 Å². The Labute approximate surface area is 147 Å². The van der Waals surface area contributed by atoms with Crippen molar-refractivity contribution in [3.8, 4) is 0 Å². The number of rotatable bonds is 4. The van der Waals surface area contributed by atoms with Crippen LogP contribution >= 0.6 is 0 Å². The third-order valence-corrected chi connectivity index (χ3v) is 4.25. The van der Waals surface area contributed by atoms with E-state index < -0.39 is 6.03 Å². The maximum atomic E-state index is 11.8. The Balaban J connectivity index is 1.91. The van der Waals surface area contributed by atoms with Crippen molar-refractivity contribution in [3.63, 3.8) is 0 Å². The van der Waals surface area contributed by atoms with E-state index in [4.69, 9.17) is 4.74 Å². The van der Waals surface area contributed by atoms with Crippen molar-refractivity contribution < 1.29 is 19.1 Å². The van der Waals surface area contributed by atoms with Gasteiger partial charge in [-0.25, -0.2) is 9.59 Å². The number of benzene rings is 1. The first-order valence-electron chi connectivity index (χ1n) is 8.13. The molecule has 2 rings (SSSR count). The zero-order chi connectivity index (χ0) is 18.4. The smallest absolute Gasteiger partial charge is 0.337 e. The number of piperazine rings is 1. The zero-order valence-corrected chi connectivity index (χ0v) is 14.7. The molecule has 1 aromatic rings. The molecular formula is C17H24N4O4. The number of nitrogens with one attached hydrogen (secondary N) is 2. The van der Waals surface area contributed by atoms with Crippen molar-refractivity contribution in [3.05, 3.63) is 29.8 Å². The highest BCUT2D eigenvalue weighted by Gasteiger charge is 2.26. The van der Waals surface area contributed by atoms with Gasteiger partial charge in [-0.2, -0.15) is 0 Å². The molecule has 3 amide bonds. The predicted octanol–water partition coefficient (Wildman–Crippen LogP) is 0.439. The summed E-state index contributed by atoms with van der Waals surface area (Å²) >= 11 is 0. The molecule has 0 bridgehead atoms. The molecule has 1 heterocycles. The normalized spacial score (nSPS) is 17.7. The summed E-state index contributed by atoms with van der Waals surface area (Å²) in [7, 11) is 2.83. The number of methoxy groups -OCH3 is 1. The van der Waals surface area contributed by atoms with Crippen LogP contribution in [0.25, 0.3) is 0 Å². The number of ether oxygens (including phenoxy) is 1. The molecule has 8 heteroatoms. The van der Waals surface area contributed by atoms with Crippen LogP contribution in [0.1, 0.15) is 17.3 Å². The lowest BCUT2D eigenvalue weighted by Crippen LogP contribution is -2.55. The zero-order valence-electron chi connectivity index (χ0n) is 14.7. The Morgan fingerprint density at radius 2 is 1.88 bits per heavy atom. The summed E-state index contributed by atoms with van der Waals surface area (Å²) in [6.45, 7) is 4.45. The summed E-state index contributed by atoms with van der Waals surface area (Å²) < 4.78 is 4.70. The van der Waals surface area contributed by atoms with E-state index in [1.54, 1.807) is 12.1 Å². The number of carbonyl (C=O) groups is 3. The average Bonchev–Trinajstić information content (AvgIpc) is 2.62. The summed E-state index contributed by atoms with van der Waals surface area (Å²) in [5, 5.41) is 4.63. The highest BCUT2D eigenvalue weighted by atomic mass is 16.5. The lowest BCUT2D eigenvalue weighted by Gasteiger charge is -2.40. The fourth-order valence-corrected chi connectivity index (χ4v) is 2.80. The van der Waals surface area contributed by atoms with Crippen molar-refractivity contribution in [1.29, 1.82) is 0 Å². The third kappa shape index (κ3) is 4.93. The number of imide groups is 1. The van der Waals surface area contributed by atoms with Crippen LogP contribution in [-0.4, -0.2) is 69.2 Å². The van der Waals surface area contributed by atoms with Crippen LogP contribution in [0.2, 0.25) is 0 Å². The summed E-state index contributed by atoms with van der Waals surface area (Å²) in [4.78, 5) is 38.7. The van der Waals surface area contributed by atoms with Crippen LogP contribution < -0.4 is 15.5 Å². The van der Waals surface area contributed by atoms with Gasteiger partial charge in [-0.15, -0.1) is 0 Å². The second kappa shape index (κ2) is 8.48. The lowest BCUT2D eigenvalue weighted by molar-refractivity contribution is -0.121. The largest absolute Gasteiger partial charge is 0.465 e. The fraction of sp³-hybridized carbons (Fsp3) is 0.471. The molecule has 1 fully saturated rings. The number of amides is 3. The van der Waals surface area contributed by atoms with Gasteiger partial charge in [-0.3, -0.25) is 15.0 Å². The third-order valence-electron chi connectivity index (χ3n) is 4.25. The number of nitrogens with zero attached hydrogens (tertiary/aromatic N) is 2. The van der Waals surface area contributed by atoms with E-state index in [0.29, 0.717) is 12.1 Å². The number of esters is 1. The Morgan fingerprint density at radius 3 is 2.44 bits per heavy atom. The molecule has 1 aliphatic heterocycles. The molecule has 2 N–H and O–H groups in total. The van der Waals surface area contributed by atoms with Crippen LogP contribution in [-0.2, 0) is 9.53 Å². The molecular weight excluding hydrogens is 324 g/mol. The van der Waals surface area contributed by atoms with Crippen molar-refractivity contribution in [1.82, 2.24) is 15.5 Å². The van der Waals surface area contributed by atoms with Crippen LogP contribution in [0, 0.1) is 0 Å². The van der Waals surface area contributed by atoms with Crippen molar-refractivity contribution >= 4 is 23.6 Å². The molecule has 0 unspecified atom stereocenters. The second-order valence-electron chi connectivity index (χ2n) is 5.93. The van der Waals surface area contributed by atoms with Crippen LogP contribution in [0.15, 0.2) is 24.3 Å². The lowest BCUT2D eigenvalue weighted by atomic mass is 10.1. The number of urea groups is 1. The van der Waals surface area contributed by atoms with E-state index in [2.05, 4.69) is 15.5 Å². The molecule has 136 valence electrons. The molecule has 8 nitrogen and oxygen atoms in total. The van der Waals surface area contributed by atoms with E-state index in [-0.39, 0.29) is 24.5 Å².